The fraction of sp³-hybridized carbons (Fsp3) is 0.0536. The maximum atomic E-state index is 4.90. The molecule has 59 heavy (non-hydrogen) atoms. The minimum absolute atomic E-state index is 0.0666. The van der Waals surface area contributed by atoms with Gasteiger partial charge in [0.05, 0.1) is 21.3 Å². The number of para-hydroxylation sites is 1. The van der Waals surface area contributed by atoms with E-state index >= 15 is 0 Å². The third-order valence-electron chi connectivity index (χ3n) is 12.6. The number of benzene rings is 9. The van der Waals surface area contributed by atoms with Crippen LogP contribution in [0.3, 0.4) is 0 Å². The SMILES string of the molecule is CC1(C)c2ccccc2-c2cccc(-c3ccc(-c4ccc5c6ccc(-c7ccc(-c8nc9ccccc9s8)cc7)cc6n(-c6ccc7ccccc7c6)c5c4)cc3)c21. The predicted octanol–water partition coefficient (Wildman–Crippen LogP) is 15.5. The molecule has 0 bridgehead atoms. The fourth-order valence-corrected chi connectivity index (χ4v) is 10.7. The summed E-state index contributed by atoms with van der Waals surface area (Å²) in [5.74, 6) is 0. The van der Waals surface area contributed by atoms with Gasteiger partial charge in [-0.2, -0.15) is 0 Å². The van der Waals surface area contributed by atoms with Crippen molar-refractivity contribution in [2.45, 2.75) is 19.3 Å². The molecule has 0 amide bonds. The first-order valence-electron chi connectivity index (χ1n) is 20.4. The third kappa shape index (κ3) is 5.35. The zero-order chi connectivity index (χ0) is 39.2. The van der Waals surface area contributed by atoms with E-state index in [1.807, 2.05) is 0 Å². The molecule has 2 nitrogen and oxygen atoms in total. The average Bonchev–Trinajstić information content (AvgIpc) is 3.94. The van der Waals surface area contributed by atoms with E-state index in [0.29, 0.717) is 0 Å². The molecule has 0 aliphatic heterocycles. The van der Waals surface area contributed by atoms with Crippen LogP contribution in [0.25, 0.3) is 104 Å². The fourth-order valence-electron chi connectivity index (χ4n) is 9.70. The normalized spacial score (nSPS) is 13.1. The highest BCUT2D eigenvalue weighted by Gasteiger charge is 2.37. The van der Waals surface area contributed by atoms with E-state index in [-0.39, 0.29) is 5.41 Å². The molecule has 0 saturated carbocycles. The van der Waals surface area contributed by atoms with Crippen molar-refractivity contribution in [3.8, 4) is 60.8 Å². The Kier molecular flexibility index (Phi) is 7.48. The first-order valence-corrected chi connectivity index (χ1v) is 21.2. The van der Waals surface area contributed by atoms with Crippen LogP contribution in [-0.4, -0.2) is 9.55 Å². The summed E-state index contributed by atoms with van der Waals surface area (Å²) in [5, 5.41) is 6.00. The van der Waals surface area contributed by atoms with Crippen molar-refractivity contribution >= 4 is 54.1 Å². The molecule has 2 heterocycles. The average molecular weight is 771 g/mol. The topological polar surface area (TPSA) is 17.8 Å². The van der Waals surface area contributed by atoms with E-state index in [2.05, 4.69) is 213 Å². The molecule has 3 heteroatoms. The number of hydrogen-bond donors (Lipinski definition) is 0. The molecular weight excluding hydrogens is 733 g/mol. The Morgan fingerprint density at radius 2 is 1.02 bits per heavy atom. The number of hydrogen-bond acceptors (Lipinski definition) is 2. The molecule has 1 aliphatic carbocycles. The molecule has 9 aromatic carbocycles. The first kappa shape index (κ1) is 34.0. The van der Waals surface area contributed by atoms with Crippen molar-refractivity contribution in [1.82, 2.24) is 9.55 Å². The van der Waals surface area contributed by atoms with E-state index in [4.69, 9.17) is 4.98 Å². The van der Waals surface area contributed by atoms with Gasteiger partial charge < -0.3 is 4.57 Å². The lowest BCUT2D eigenvalue weighted by atomic mass is 9.79. The standard InChI is InChI=1S/C56H38N2S/c1-56(2)49-15-6-5-12-45(49)48-14-9-13-44(54(48)56)38-22-18-36(19-23-38)41-27-30-46-47-31-28-42(37-20-24-39(25-21-37)55-57-50-16-7-8-17-53(50)59-55)34-52(47)58(51(46)33-41)43-29-26-35-10-3-4-11-40(35)32-43/h3-34H,1-2H3. The van der Waals surface area contributed by atoms with Crippen LogP contribution in [0.2, 0.25) is 0 Å². The lowest BCUT2D eigenvalue weighted by Crippen LogP contribution is -2.16. The van der Waals surface area contributed by atoms with Crippen LogP contribution in [0.4, 0.5) is 0 Å². The Balaban J connectivity index is 0.964. The summed E-state index contributed by atoms with van der Waals surface area (Å²) < 4.78 is 3.67. The van der Waals surface area contributed by atoms with Gasteiger partial charge in [0, 0.05) is 27.4 Å². The molecule has 0 unspecified atom stereocenters. The monoisotopic (exact) mass is 770 g/mol. The van der Waals surface area contributed by atoms with E-state index in [1.54, 1.807) is 11.3 Å². The molecule has 1 aliphatic rings. The minimum Gasteiger partial charge on any atom is -0.309 e. The zero-order valence-corrected chi connectivity index (χ0v) is 33.6. The highest BCUT2D eigenvalue weighted by atomic mass is 32.1. The van der Waals surface area contributed by atoms with E-state index in [9.17, 15) is 0 Å². The summed E-state index contributed by atoms with van der Waals surface area (Å²) >= 11 is 1.74. The highest BCUT2D eigenvalue weighted by molar-refractivity contribution is 7.21. The smallest absolute Gasteiger partial charge is 0.124 e. The predicted molar refractivity (Wildman–Crippen MR) is 251 cm³/mol. The second-order valence-electron chi connectivity index (χ2n) is 16.4. The molecule has 0 radical (unpaired) electrons. The van der Waals surface area contributed by atoms with Crippen molar-refractivity contribution in [2.24, 2.45) is 0 Å². The summed E-state index contributed by atoms with van der Waals surface area (Å²) in [6.45, 7) is 4.73. The number of thiazole rings is 1. The van der Waals surface area contributed by atoms with Crippen molar-refractivity contribution < 1.29 is 0 Å². The third-order valence-corrected chi connectivity index (χ3v) is 13.7. The van der Waals surface area contributed by atoms with Gasteiger partial charge in [-0.1, -0.05) is 172 Å². The van der Waals surface area contributed by atoms with Crippen LogP contribution < -0.4 is 0 Å². The lowest BCUT2D eigenvalue weighted by molar-refractivity contribution is 0.662. The molecule has 2 aromatic heterocycles. The van der Waals surface area contributed by atoms with Gasteiger partial charge in [0.2, 0.25) is 0 Å². The van der Waals surface area contributed by atoms with Gasteiger partial charge in [-0.15, -0.1) is 11.3 Å². The quantitative estimate of drug-likeness (QED) is 0.170. The van der Waals surface area contributed by atoms with E-state index in [0.717, 1.165) is 21.8 Å². The Labute approximate surface area is 347 Å². The number of fused-ring (bicyclic) bond motifs is 8. The largest absolute Gasteiger partial charge is 0.309 e. The Morgan fingerprint density at radius 3 is 1.75 bits per heavy atom. The van der Waals surface area contributed by atoms with E-state index in [1.165, 1.54) is 92.9 Å². The molecule has 0 saturated heterocycles. The van der Waals surface area contributed by atoms with E-state index < -0.39 is 0 Å². The number of rotatable bonds is 5. The number of aromatic nitrogens is 2. The Morgan fingerprint density at radius 1 is 0.441 bits per heavy atom. The molecule has 0 N–H and O–H groups in total. The second-order valence-corrected chi connectivity index (χ2v) is 17.4. The molecule has 0 spiro atoms. The van der Waals surface area contributed by atoms with Crippen LogP contribution in [-0.2, 0) is 5.41 Å². The highest BCUT2D eigenvalue weighted by Crippen LogP contribution is 2.52. The van der Waals surface area contributed by atoms with Gasteiger partial charge in [-0.25, -0.2) is 4.98 Å². The molecule has 278 valence electrons. The van der Waals surface area contributed by atoms with Gasteiger partial charge >= 0.3 is 0 Å². The minimum atomic E-state index is -0.0666. The first-order chi connectivity index (χ1) is 29.0. The lowest BCUT2D eigenvalue weighted by Gasteiger charge is -2.24. The van der Waals surface area contributed by atoms with Gasteiger partial charge in [-0.05, 0) is 103 Å². The Hall–Kier alpha value is -7.07. The van der Waals surface area contributed by atoms with Gasteiger partial charge in [0.15, 0.2) is 0 Å². The van der Waals surface area contributed by atoms with Crippen molar-refractivity contribution in [3.63, 3.8) is 0 Å². The van der Waals surface area contributed by atoms with Crippen LogP contribution in [0.1, 0.15) is 25.0 Å². The Bertz CT molecular complexity index is 3420. The van der Waals surface area contributed by atoms with Gasteiger partial charge in [0.1, 0.15) is 5.01 Å². The molecular formula is C56H38N2S. The summed E-state index contributed by atoms with van der Waals surface area (Å²) in [4.78, 5) is 4.90. The number of nitrogens with zero attached hydrogens (tertiary/aromatic N) is 2. The molecule has 0 fully saturated rings. The van der Waals surface area contributed by atoms with Crippen molar-refractivity contribution in [1.29, 1.82) is 0 Å². The summed E-state index contributed by atoms with van der Waals surface area (Å²) in [6.07, 6.45) is 0. The summed E-state index contributed by atoms with van der Waals surface area (Å²) in [7, 11) is 0. The molecule has 12 rings (SSSR count). The van der Waals surface area contributed by atoms with Gasteiger partial charge in [-0.3, -0.25) is 0 Å². The zero-order valence-electron chi connectivity index (χ0n) is 32.8. The van der Waals surface area contributed by atoms with Crippen LogP contribution in [0.15, 0.2) is 194 Å². The summed E-state index contributed by atoms with van der Waals surface area (Å²) in [6, 6.07) is 71.5. The van der Waals surface area contributed by atoms with Crippen LogP contribution >= 0.6 is 11.3 Å². The maximum Gasteiger partial charge on any atom is 0.124 e. The molecule has 0 atom stereocenters. The second kappa shape index (κ2) is 13.0. The van der Waals surface area contributed by atoms with Crippen LogP contribution in [0.5, 0.6) is 0 Å². The maximum absolute atomic E-state index is 4.90. The summed E-state index contributed by atoms with van der Waals surface area (Å²) in [5.41, 5.74) is 18.5. The van der Waals surface area contributed by atoms with Crippen LogP contribution in [0, 0.1) is 0 Å². The van der Waals surface area contributed by atoms with Crippen molar-refractivity contribution in [2.75, 3.05) is 0 Å². The van der Waals surface area contributed by atoms with Gasteiger partial charge in [0.25, 0.3) is 0 Å². The van der Waals surface area contributed by atoms with Crippen molar-refractivity contribution in [3.05, 3.63) is 205 Å². The molecule has 11 aromatic rings.